The lowest BCUT2D eigenvalue weighted by Gasteiger charge is -2.35. The van der Waals surface area contributed by atoms with Crippen molar-refractivity contribution in [1.29, 1.82) is 0 Å². The summed E-state index contributed by atoms with van der Waals surface area (Å²) in [7, 11) is 0.937. The van der Waals surface area contributed by atoms with Crippen LogP contribution in [0, 0.1) is 0 Å². The van der Waals surface area contributed by atoms with Gasteiger partial charge in [0.05, 0.1) is 21.1 Å². The third-order valence-corrected chi connectivity index (χ3v) is 5.95. The molecule has 6 heteroatoms. The molecule has 0 heterocycles. The first-order valence-corrected chi connectivity index (χ1v) is 12.0. The van der Waals surface area contributed by atoms with Gasteiger partial charge in [0.2, 0.25) is 5.34 Å². The van der Waals surface area contributed by atoms with Crippen molar-refractivity contribution >= 4 is 7.60 Å². The van der Waals surface area contributed by atoms with Crippen LogP contribution in [-0.4, -0.2) is 52.4 Å². The second kappa shape index (κ2) is 13.7. The van der Waals surface area contributed by atoms with Gasteiger partial charge in [0.25, 0.3) is 0 Å². The molecule has 0 amide bonds. The number of hydrogen-bond donors (Lipinski definition) is 3. The van der Waals surface area contributed by atoms with E-state index in [4.69, 9.17) is 0 Å². The maximum atomic E-state index is 11.7. The summed E-state index contributed by atoms with van der Waals surface area (Å²) in [6, 6.07) is 0. The van der Waals surface area contributed by atoms with Gasteiger partial charge in [-0.3, -0.25) is 4.57 Å². The molecule has 0 aromatic heterocycles. The van der Waals surface area contributed by atoms with Crippen LogP contribution in [0.5, 0.6) is 0 Å². The quantitative estimate of drug-likeness (QED) is 0.147. The smallest absolute Gasteiger partial charge is 0.362 e. The largest absolute Gasteiger partial charge is 0.373 e. The number of aliphatic hydroxyl groups is 1. The zero-order valence-corrected chi connectivity index (χ0v) is 18.8. The Balaban J connectivity index is 3.88. The number of nitrogens with zero attached hydrogens (tertiary/aromatic N) is 1. The molecule has 0 spiro atoms. The van der Waals surface area contributed by atoms with Crippen LogP contribution >= 0.6 is 7.60 Å². The SMILES string of the molecule is CCC/C=C\CCC/C=C\CCCCCCC(O)(C[N+](C)(C)C)P(=O)(O)O. The molecular formula is C21H43NO4P+. The summed E-state index contributed by atoms with van der Waals surface area (Å²) in [6.07, 6.45) is 19.7. The van der Waals surface area contributed by atoms with Crippen molar-refractivity contribution in [2.75, 3.05) is 27.7 Å². The summed E-state index contributed by atoms with van der Waals surface area (Å²) in [5.74, 6) is 0. The number of allylic oxidation sites excluding steroid dienone is 4. The van der Waals surface area contributed by atoms with E-state index in [1.807, 2.05) is 21.1 Å². The third kappa shape index (κ3) is 14.2. The van der Waals surface area contributed by atoms with Crippen molar-refractivity contribution in [3.8, 4) is 0 Å². The average Bonchev–Trinajstić information content (AvgIpc) is 2.52. The van der Waals surface area contributed by atoms with E-state index in [1.165, 1.54) is 19.3 Å². The molecule has 0 aromatic rings. The maximum absolute atomic E-state index is 11.7. The lowest BCUT2D eigenvalue weighted by molar-refractivity contribution is -0.875. The average molecular weight is 405 g/mol. The minimum atomic E-state index is -4.55. The molecule has 0 aliphatic heterocycles. The maximum Gasteiger partial charge on any atom is 0.362 e. The predicted molar refractivity (Wildman–Crippen MR) is 115 cm³/mol. The third-order valence-electron chi connectivity index (χ3n) is 4.50. The van der Waals surface area contributed by atoms with E-state index in [-0.39, 0.29) is 13.0 Å². The molecule has 0 saturated carbocycles. The first-order valence-electron chi connectivity index (χ1n) is 10.4. The van der Waals surface area contributed by atoms with Crippen molar-refractivity contribution in [1.82, 2.24) is 0 Å². The van der Waals surface area contributed by atoms with E-state index >= 15 is 0 Å². The molecule has 0 rings (SSSR count). The second-order valence-electron chi connectivity index (χ2n) is 8.59. The van der Waals surface area contributed by atoms with Crippen LogP contribution < -0.4 is 0 Å². The monoisotopic (exact) mass is 404 g/mol. The summed E-state index contributed by atoms with van der Waals surface area (Å²) in [5.41, 5.74) is 0. The van der Waals surface area contributed by atoms with Crippen LogP contribution in [0.4, 0.5) is 0 Å². The minimum Gasteiger partial charge on any atom is -0.373 e. The van der Waals surface area contributed by atoms with Gasteiger partial charge >= 0.3 is 7.60 Å². The van der Waals surface area contributed by atoms with Crippen molar-refractivity contribution in [2.24, 2.45) is 0 Å². The van der Waals surface area contributed by atoms with E-state index in [1.54, 1.807) is 0 Å². The molecule has 0 bridgehead atoms. The molecule has 3 N–H and O–H groups in total. The van der Waals surface area contributed by atoms with Crippen LogP contribution in [0.1, 0.15) is 77.6 Å². The number of likely N-dealkylation sites (N-methyl/N-ethyl adjacent to an activating group) is 1. The summed E-state index contributed by atoms with van der Waals surface area (Å²) < 4.78 is 12.0. The Morgan fingerprint density at radius 1 is 0.815 bits per heavy atom. The van der Waals surface area contributed by atoms with Crippen molar-refractivity contribution < 1.29 is 23.9 Å². The van der Waals surface area contributed by atoms with Gasteiger partial charge in [-0.2, -0.15) is 0 Å². The molecule has 160 valence electrons. The summed E-state index contributed by atoms with van der Waals surface area (Å²) in [5, 5.41) is 8.56. The molecule has 5 nitrogen and oxygen atoms in total. The second-order valence-corrected chi connectivity index (χ2v) is 10.5. The van der Waals surface area contributed by atoms with Crippen molar-refractivity contribution in [2.45, 2.75) is 82.9 Å². The Morgan fingerprint density at radius 3 is 1.78 bits per heavy atom. The number of hydrogen-bond acceptors (Lipinski definition) is 2. The summed E-state index contributed by atoms with van der Waals surface area (Å²) in [4.78, 5) is 19.1. The highest BCUT2D eigenvalue weighted by Gasteiger charge is 2.48. The van der Waals surface area contributed by atoms with E-state index in [9.17, 15) is 19.5 Å². The van der Waals surface area contributed by atoms with E-state index in [0.717, 1.165) is 38.5 Å². The highest BCUT2D eigenvalue weighted by molar-refractivity contribution is 7.53. The van der Waals surface area contributed by atoms with Crippen LogP contribution in [0.15, 0.2) is 24.3 Å². The minimum absolute atomic E-state index is 0.0493. The Kier molecular flexibility index (Phi) is 13.5. The fourth-order valence-electron chi connectivity index (χ4n) is 3.09. The number of quaternary nitrogens is 1. The van der Waals surface area contributed by atoms with Crippen LogP contribution in [0.25, 0.3) is 0 Å². The lowest BCUT2D eigenvalue weighted by atomic mass is 10.1. The summed E-state index contributed by atoms with van der Waals surface area (Å²) in [6.45, 7) is 2.24. The molecule has 0 radical (unpaired) electrons. The van der Waals surface area contributed by atoms with Crippen molar-refractivity contribution in [3.63, 3.8) is 0 Å². The van der Waals surface area contributed by atoms with Gasteiger partial charge in [-0.25, -0.2) is 0 Å². The van der Waals surface area contributed by atoms with Crippen molar-refractivity contribution in [3.05, 3.63) is 24.3 Å². The molecule has 0 aliphatic rings. The normalized spacial score (nSPS) is 15.7. The Hall–Kier alpha value is -0.450. The molecular weight excluding hydrogens is 361 g/mol. The zero-order chi connectivity index (χ0) is 20.8. The molecule has 0 aliphatic carbocycles. The Morgan fingerprint density at radius 2 is 1.30 bits per heavy atom. The molecule has 0 saturated heterocycles. The van der Waals surface area contributed by atoms with Gasteiger partial charge in [-0.15, -0.1) is 0 Å². The molecule has 1 unspecified atom stereocenters. The highest BCUT2D eigenvalue weighted by atomic mass is 31.2. The summed E-state index contributed by atoms with van der Waals surface area (Å²) >= 11 is 0. The molecule has 0 fully saturated rings. The first-order chi connectivity index (χ1) is 12.5. The highest BCUT2D eigenvalue weighted by Crippen LogP contribution is 2.52. The lowest BCUT2D eigenvalue weighted by Crippen LogP contribution is -2.49. The molecule has 27 heavy (non-hydrogen) atoms. The molecule has 0 aromatic carbocycles. The van der Waals surface area contributed by atoms with E-state index in [0.29, 0.717) is 10.9 Å². The Bertz CT molecular complexity index is 479. The fraction of sp³-hybridized carbons (Fsp3) is 0.810. The zero-order valence-electron chi connectivity index (χ0n) is 17.9. The van der Waals surface area contributed by atoms with Crippen LogP contribution in [0.2, 0.25) is 0 Å². The van der Waals surface area contributed by atoms with Gasteiger partial charge < -0.3 is 19.4 Å². The van der Waals surface area contributed by atoms with Crippen LogP contribution in [0.3, 0.4) is 0 Å². The van der Waals surface area contributed by atoms with Gasteiger partial charge in [0.1, 0.15) is 6.54 Å². The van der Waals surface area contributed by atoms with E-state index in [2.05, 4.69) is 31.2 Å². The Labute approximate surface area is 166 Å². The van der Waals surface area contributed by atoms with Gasteiger partial charge in [-0.1, -0.05) is 50.5 Å². The first kappa shape index (κ1) is 26.6. The number of unbranched alkanes of at least 4 members (excludes halogenated alkanes) is 7. The number of rotatable bonds is 16. The topological polar surface area (TPSA) is 77.8 Å². The standard InChI is InChI=1S/C21H42NO4P/c1-5-6-7-8-9-10-11-12-13-14-15-16-17-18-19-21(23,27(24,25)26)20-22(2,3)4/h7-8,12-13,23H,5-6,9-11,14-20H2,1-4H3,(H-,24,25,26)/p+1/b8-7-,13-12-. The van der Waals surface area contributed by atoms with Crippen LogP contribution in [-0.2, 0) is 4.57 Å². The molecule has 1 atom stereocenters. The predicted octanol–water partition coefficient (Wildman–Crippen LogP) is 4.98. The van der Waals surface area contributed by atoms with Gasteiger partial charge in [0, 0.05) is 0 Å². The van der Waals surface area contributed by atoms with E-state index < -0.39 is 12.9 Å². The van der Waals surface area contributed by atoms with Gasteiger partial charge in [-0.05, 0) is 51.4 Å². The fourth-order valence-corrected chi connectivity index (χ4v) is 4.15. The van der Waals surface area contributed by atoms with Gasteiger partial charge in [0.15, 0.2) is 0 Å².